The molecule has 0 spiro atoms. The summed E-state index contributed by atoms with van der Waals surface area (Å²) in [5.41, 5.74) is 12.7. The number of amides is 3. The van der Waals surface area contributed by atoms with E-state index in [0.717, 1.165) is 0 Å². The Kier molecular flexibility index (Phi) is 12.2. The third-order valence-corrected chi connectivity index (χ3v) is 5.63. The van der Waals surface area contributed by atoms with Gasteiger partial charge in [0, 0.05) is 24.7 Å². The van der Waals surface area contributed by atoms with Crippen molar-refractivity contribution in [1.29, 1.82) is 0 Å². The molecule has 10 N–H and O–H groups in total. The zero-order valence-corrected chi connectivity index (χ0v) is 20.4. The standard InChI is InChI=1S/C24H35N7O6/c25-9-5-4-8-17(26)21(33)29-19(11-16-12-27-14-28-16)23(35)30-18(10-15-6-2-1-3-7-15)22(34)31-20(13-32)24(36)37/h1-3,6-7,12,14,17-20,32H,4-5,8-11,13,25-26H2,(H,27,28)(H,29,33)(H,30,35)(H,31,34)(H,36,37). The third-order valence-electron chi connectivity index (χ3n) is 5.63. The molecule has 0 bridgehead atoms. The van der Waals surface area contributed by atoms with Crippen LogP contribution in [-0.2, 0) is 32.0 Å². The van der Waals surface area contributed by atoms with Crippen molar-refractivity contribution in [2.24, 2.45) is 11.5 Å². The summed E-state index contributed by atoms with van der Waals surface area (Å²) in [4.78, 5) is 57.1. The highest BCUT2D eigenvalue weighted by molar-refractivity contribution is 5.94. The van der Waals surface area contributed by atoms with Gasteiger partial charge in [0.2, 0.25) is 17.7 Å². The van der Waals surface area contributed by atoms with Gasteiger partial charge in [0.1, 0.15) is 18.1 Å². The number of nitrogens with zero attached hydrogens (tertiary/aromatic N) is 1. The van der Waals surface area contributed by atoms with E-state index in [0.29, 0.717) is 37.1 Å². The maximum Gasteiger partial charge on any atom is 0.328 e. The second-order valence-corrected chi connectivity index (χ2v) is 8.57. The number of benzene rings is 1. The largest absolute Gasteiger partial charge is 0.480 e. The molecule has 0 saturated heterocycles. The zero-order chi connectivity index (χ0) is 27.2. The number of aliphatic carboxylic acids is 1. The zero-order valence-electron chi connectivity index (χ0n) is 20.4. The van der Waals surface area contributed by atoms with Gasteiger partial charge in [-0.05, 0) is 24.9 Å². The SMILES string of the molecule is NCCCCC(N)C(=O)NC(Cc1cnc[nH]1)C(=O)NC(Cc1ccccc1)C(=O)NC(CO)C(=O)O. The molecule has 4 unspecified atom stereocenters. The number of aromatic nitrogens is 2. The Labute approximate surface area is 214 Å². The molecule has 37 heavy (non-hydrogen) atoms. The van der Waals surface area contributed by atoms with Crippen LogP contribution in [0.3, 0.4) is 0 Å². The second kappa shape index (κ2) is 15.3. The predicted octanol–water partition coefficient (Wildman–Crippen LogP) is -1.82. The quantitative estimate of drug-likeness (QED) is 0.117. The fraction of sp³-hybridized carbons (Fsp3) is 0.458. The van der Waals surface area contributed by atoms with E-state index in [1.54, 1.807) is 30.3 Å². The number of aromatic amines is 1. The number of carbonyl (C=O) groups is 4. The monoisotopic (exact) mass is 517 g/mol. The molecule has 3 amide bonds. The van der Waals surface area contributed by atoms with Gasteiger partial charge in [-0.25, -0.2) is 9.78 Å². The first-order chi connectivity index (χ1) is 17.7. The first-order valence-electron chi connectivity index (χ1n) is 12.0. The van der Waals surface area contributed by atoms with Gasteiger partial charge >= 0.3 is 5.97 Å². The van der Waals surface area contributed by atoms with Gasteiger partial charge in [-0.3, -0.25) is 14.4 Å². The van der Waals surface area contributed by atoms with E-state index in [-0.39, 0.29) is 12.8 Å². The second-order valence-electron chi connectivity index (χ2n) is 8.57. The van der Waals surface area contributed by atoms with Crippen LogP contribution in [0.5, 0.6) is 0 Å². The van der Waals surface area contributed by atoms with Crippen LogP contribution < -0.4 is 27.4 Å². The molecule has 1 aromatic carbocycles. The van der Waals surface area contributed by atoms with Crippen molar-refractivity contribution >= 4 is 23.7 Å². The highest BCUT2D eigenvalue weighted by Gasteiger charge is 2.30. The van der Waals surface area contributed by atoms with Crippen LogP contribution in [0, 0.1) is 0 Å². The molecule has 0 aliphatic rings. The predicted molar refractivity (Wildman–Crippen MR) is 134 cm³/mol. The van der Waals surface area contributed by atoms with Crippen molar-refractivity contribution in [3.05, 3.63) is 54.1 Å². The Bertz CT molecular complexity index is 1000. The smallest absolute Gasteiger partial charge is 0.328 e. The van der Waals surface area contributed by atoms with Gasteiger partial charge in [-0.1, -0.05) is 36.8 Å². The number of imidazole rings is 1. The minimum absolute atomic E-state index is 0.0412. The lowest BCUT2D eigenvalue weighted by Gasteiger charge is -2.25. The van der Waals surface area contributed by atoms with Crippen LogP contribution in [0.2, 0.25) is 0 Å². The lowest BCUT2D eigenvalue weighted by atomic mass is 10.0. The average molecular weight is 518 g/mol. The number of carbonyl (C=O) groups excluding carboxylic acids is 3. The van der Waals surface area contributed by atoms with E-state index >= 15 is 0 Å². The van der Waals surface area contributed by atoms with Gasteiger partial charge < -0.3 is 42.6 Å². The average Bonchev–Trinajstić information content (AvgIpc) is 3.39. The lowest BCUT2D eigenvalue weighted by Crippen LogP contribution is -2.58. The summed E-state index contributed by atoms with van der Waals surface area (Å²) < 4.78 is 0. The number of nitrogens with two attached hydrogens (primary N) is 2. The van der Waals surface area contributed by atoms with E-state index in [4.69, 9.17) is 11.5 Å². The van der Waals surface area contributed by atoms with Gasteiger partial charge in [-0.2, -0.15) is 0 Å². The van der Waals surface area contributed by atoms with Crippen LogP contribution in [0.15, 0.2) is 42.9 Å². The van der Waals surface area contributed by atoms with Gasteiger partial charge in [0.25, 0.3) is 0 Å². The van der Waals surface area contributed by atoms with Crippen molar-refractivity contribution in [3.8, 4) is 0 Å². The lowest BCUT2D eigenvalue weighted by molar-refractivity contribution is -0.143. The Morgan fingerprint density at radius 2 is 1.54 bits per heavy atom. The number of hydrogen-bond donors (Lipinski definition) is 8. The Morgan fingerprint density at radius 1 is 0.919 bits per heavy atom. The number of aliphatic hydroxyl groups excluding tert-OH is 1. The van der Waals surface area contributed by atoms with E-state index in [2.05, 4.69) is 25.9 Å². The molecule has 0 fully saturated rings. The normalized spacial score (nSPS) is 14.1. The molecule has 0 aliphatic carbocycles. The topological polar surface area (TPSA) is 226 Å². The minimum atomic E-state index is -1.55. The minimum Gasteiger partial charge on any atom is -0.480 e. The van der Waals surface area contributed by atoms with Crippen LogP contribution in [0.1, 0.15) is 30.5 Å². The van der Waals surface area contributed by atoms with Crippen molar-refractivity contribution in [3.63, 3.8) is 0 Å². The van der Waals surface area contributed by atoms with Crippen LogP contribution in [-0.4, -0.2) is 81.2 Å². The number of rotatable bonds is 16. The first-order valence-corrected chi connectivity index (χ1v) is 12.0. The number of aliphatic hydroxyl groups is 1. The number of H-pyrrole nitrogens is 1. The summed E-state index contributed by atoms with van der Waals surface area (Å²) in [5, 5.41) is 26.0. The molecule has 0 radical (unpaired) electrons. The van der Waals surface area contributed by atoms with Gasteiger partial charge in [0.15, 0.2) is 0 Å². The van der Waals surface area contributed by atoms with E-state index in [1.165, 1.54) is 12.5 Å². The third kappa shape index (κ3) is 9.99. The summed E-state index contributed by atoms with van der Waals surface area (Å²) in [6, 6.07) is 4.10. The number of unbranched alkanes of at least 4 members (excludes halogenated alkanes) is 1. The van der Waals surface area contributed by atoms with Crippen molar-refractivity contribution < 1.29 is 29.4 Å². The maximum atomic E-state index is 13.3. The van der Waals surface area contributed by atoms with Gasteiger partial charge in [0.05, 0.1) is 19.0 Å². The number of carboxylic acids is 1. The highest BCUT2D eigenvalue weighted by atomic mass is 16.4. The number of nitrogens with one attached hydrogen (secondary N) is 4. The van der Waals surface area contributed by atoms with Crippen LogP contribution >= 0.6 is 0 Å². The fourth-order valence-electron chi connectivity index (χ4n) is 3.53. The van der Waals surface area contributed by atoms with Crippen molar-refractivity contribution in [2.75, 3.05) is 13.2 Å². The van der Waals surface area contributed by atoms with Crippen LogP contribution in [0.4, 0.5) is 0 Å². The van der Waals surface area contributed by atoms with E-state index in [1.807, 2.05) is 0 Å². The molecule has 1 aromatic heterocycles. The first kappa shape index (κ1) is 29.4. The summed E-state index contributed by atoms with van der Waals surface area (Å²) in [5.74, 6) is -3.44. The molecule has 4 atom stereocenters. The molecule has 13 nitrogen and oxygen atoms in total. The number of carboxylic acid groups (broad SMARTS) is 1. The maximum absolute atomic E-state index is 13.3. The molecule has 0 aliphatic heterocycles. The molecule has 2 rings (SSSR count). The molecule has 0 saturated carbocycles. The summed E-state index contributed by atoms with van der Waals surface area (Å²) in [7, 11) is 0. The molecule has 2 aromatic rings. The summed E-state index contributed by atoms with van der Waals surface area (Å²) in [6.07, 6.45) is 4.76. The summed E-state index contributed by atoms with van der Waals surface area (Å²) in [6.45, 7) is -0.350. The number of hydrogen-bond acceptors (Lipinski definition) is 8. The van der Waals surface area contributed by atoms with Crippen molar-refractivity contribution in [2.45, 2.75) is 56.3 Å². The fourth-order valence-corrected chi connectivity index (χ4v) is 3.53. The van der Waals surface area contributed by atoms with E-state index in [9.17, 15) is 29.4 Å². The Balaban J connectivity index is 2.21. The highest BCUT2D eigenvalue weighted by Crippen LogP contribution is 2.07. The Hall–Kier alpha value is -3.81. The van der Waals surface area contributed by atoms with E-state index < -0.39 is 54.5 Å². The summed E-state index contributed by atoms with van der Waals surface area (Å²) >= 11 is 0. The van der Waals surface area contributed by atoms with Crippen molar-refractivity contribution in [1.82, 2.24) is 25.9 Å². The molecule has 202 valence electrons. The Morgan fingerprint density at radius 3 is 2.11 bits per heavy atom. The molecule has 13 heteroatoms. The van der Waals surface area contributed by atoms with Gasteiger partial charge in [-0.15, -0.1) is 0 Å². The molecular formula is C24H35N7O6. The molecule has 1 heterocycles. The molecular weight excluding hydrogens is 482 g/mol. The van der Waals surface area contributed by atoms with Crippen LogP contribution in [0.25, 0.3) is 0 Å².